The average Bonchev–Trinajstić information content (AvgIpc) is 2.79. The fourth-order valence-corrected chi connectivity index (χ4v) is 3.13. The monoisotopic (exact) mass is 428 g/mol. The zero-order chi connectivity index (χ0) is 22.9. The Bertz CT molecular complexity index is 1220. The van der Waals surface area contributed by atoms with Gasteiger partial charge in [-0.2, -0.15) is 0 Å². The van der Waals surface area contributed by atoms with Crippen LogP contribution in [0.1, 0.15) is 11.1 Å². The van der Waals surface area contributed by atoms with Crippen molar-refractivity contribution in [1.29, 1.82) is 0 Å². The third-order valence-corrected chi connectivity index (χ3v) is 4.53. The number of anilines is 3. The van der Waals surface area contributed by atoms with Gasteiger partial charge in [-0.05, 0) is 54.2 Å². The van der Waals surface area contributed by atoms with E-state index in [9.17, 15) is 4.39 Å². The zero-order valence-corrected chi connectivity index (χ0v) is 17.6. The van der Waals surface area contributed by atoms with Crippen molar-refractivity contribution >= 4 is 33.8 Å². The summed E-state index contributed by atoms with van der Waals surface area (Å²) in [5.74, 6) is 0.474. The molecule has 0 saturated heterocycles. The molecule has 0 spiro atoms. The number of hydrogen-bond acceptors (Lipinski definition) is 6. The van der Waals surface area contributed by atoms with Crippen molar-refractivity contribution in [2.24, 2.45) is 11.5 Å². The number of nitrogens with zero attached hydrogens (tertiary/aromatic N) is 2. The van der Waals surface area contributed by atoms with Crippen molar-refractivity contribution in [3.05, 3.63) is 109 Å². The Labute approximate surface area is 186 Å². The van der Waals surface area contributed by atoms with Crippen LogP contribution in [0.5, 0.6) is 0 Å². The van der Waals surface area contributed by atoms with E-state index < -0.39 is 0 Å². The molecule has 0 bridgehead atoms. The number of rotatable bonds is 6. The van der Waals surface area contributed by atoms with Gasteiger partial charge in [-0.1, -0.05) is 37.4 Å². The van der Waals surface area contributed by atoms with Crippen molar-refractivity contribution in [2.75, 3.05) is 10.6 Å². The first-order valence-corrected chi connectivity index (χ1v) is 9.88. The van der Waals surface area contributed by atoms with E-state index in [2.05, 4.69) is 39.5 Å². The Hall–Kier alpha value is -4.39. The van der Waals surface area contributed by atoms with Gasteiger partial charge in [0.2, 0.25) is 0 Å². The number of aromatic nitrogens is 2. The predicted octanol–water partition coefficient (Wildman–Crippen LogP) is 5.14. The van der Waals surface area contributed by atoms with Gasteiger partial charge in [0.05, 0.1) is 5.52 Å². The molecule has 0 atom stereocenters. The van der Waals surface area contributed by atoms with Crippen LogP contribution in [0.4, 0.5) is 21.6 Å². The molecule has 0 unspecified atom stereocenters. The molecule has 4 aromatic rings. The molecule has 0 fully saturated rings. The molecule has 6 nitrogen and oxygen atoms in total. The molecular formula is C25H25FN6. The second-order valence-electron chi connectivity index (χ2n) is 6.87. The van der Waals surface area contributed by atoms with Gasteiger partial charge in [0.15, 0.2) is 0 Å². The van der Waals surface area contributed by atoms with Crippen LogP contribution in [0, 0.1) is 5.82 Å². The first-order valence-electron chi connectivity index (χ1n) is 9.88. The minimum Gasteiger partial charge on any atom is -0.405 e. The number of nitrogens with one attached hydrogen (secondary N) is 2. The van der Waals surface area contributed by atoms with Crippen molar-refractivity contribution in [3.8, 4) is 0 Å². The lowest BCUT2D eigenvalue weighted by molar-refractivity contribution is 0.628. The van der Waals surface area contributed by atoms with Crippen LogP contribution in [0.3, 0.4) is 0 Å². The van der Waals surface area contributed by atoms with E-state index in [1.807, 2.05) is 42.5 Å². The van der Waals surface area contributed by atoms with Crippen LogP contribution < -0.4 is 22.1 Å². The fraction of sp³-hybridized carbons (Fsp3) is 0.0400. The van der Waals surface area contributed by atoms with Gasteiger partial charge in [0, 0.05) is 34.6 Å². The van der Waals surface area contributed by atoms with Gasteiger partial charge < -0.3 is 22.1 Å². The Morgan fingerprint density at radius 3 is 2.44 bits per heavy atom. The molecule has 1 heterocycles. The summed E-state index contributed by atoms with van der Waals surface area (Å²) in [6, 6.07) is 20.0. The number of nitrogens with two attached hydrogens (primary N) is 2. The Balaban J connectivity index is 0.000000913. The van der Waals surface area contributed by atoms with E-state index in [0.29, 0.717) is 12.2 Å². The maximum Gasteiger partial charge on any atom is 0.137 e. The molecule has 162 valence electrons. The highest BCUT2D eigenvalue weighted by Gasteiger charge is 2.08. The minimum absolute atomic E-state index is 0.257. The lowest BCUT2D eigenvalue weighted by Crippen LogP contribution is -2.04. The smallest absolute Gasteiger partial charge is 0.137 e. The predicted molar refractivity (Wildman–Crippen MR) is 131 cm³/mol. The average molecular weight is 429 g/mol. The topological polar surface area (TPSA) is 102 Å². The highest BCUT2D eigenvalue weighted by atomic mass is 19.1. The van der Waals surface area contributed by atoms with E-state index >= 15 is 0 Å². The van der Waals surface area contributed by atoms with E-state index in [-0.39, 0.29) is 5.82 Å². The van der Waals surface area contributed by atoms with Gasteiger partial charge in [0.25, 0.3) is 0 Å². The number of hydrogen-bond donors (Lipinski definition) is 4. The first kappa shape index (κ1) is 22.3. The van der Waals surface area contributed by atoms with Crippen LogP contribution in [-0.4, -0.2) is 9.97 Å². The molecule has 32 heavy (non-hydrogen) atoms. The molecule has 7 heteroatoms. The summed E-state index contributed by atoms with van der Waals surface area (Å²) < 4.78 is 13.1. The third kappa shape index (κ3) is 5.60. The Kier molecular flexibility index (Phi) is 7.37. The van der Waals surface area contributed by atoms with Gasteiger partial charge in [-0.25, -0.2) is 14.4 Å². The summed E-state index contributed by atoms with van der Waals surface area (Å²) in [5.41, 5.74) is 15.4. The first-order chi connectivity index (χ1) is 15.5. The third-order valence-electron chi connectivity index (χ3n) is 4.53. The summed E-state index contributed by atoms with van der Waals surface area (Å²) in [6.07, 6.45) is 2.77. The second kappa shape index (κ2) is 10.6. The molecular weight excluding hydrogens is 403 g/mol. The highest BCUT2D eigenvalue weighted by molar-refractivity contribution is 5.95. The lowest BCUT2D eigenvalue weighted by atomic mass is 10.1. The van der Waals surface area contributed by atoms with Crippen molar-refractivity contribution in [1.82, 2.24) is 9.97 Å². The van der Waals surface area contributed by atoms with Crippen LogP contribution in [-0.2, 0) is 6.54 Å². The fourth-order valence-electron chi connectivity index (χ4n) is 3.13. The summed E-state index contributed by atoms with van der Waals surface area (Å²) in [4.78, 5) is 8.73. The van der Waals surface area contributed by atoms with Crippen LogP contribution in [0.25, 0.3) is 16.6 Å². The van der Waals surface area contributed by atoms with Crippen molar-refractivity contribution in [3.63, 3.8) is 0 Å². The molecule has 0 aliphatic rings. The summed E-state index contributed by atoms with van der Waals surface area (Å²) in [6.45, 7) is 7.54. The second-order valence-corrected chi connectivity index (χ2v) is 6.87. The number of para-hydroxylation sites is 1. The van der Waals surface area contributed by atoms with E-state index in [0.717, 1.165) is 39.2 Å². The summed E-state index contributed by atoms with van der Waals surface area (Å²) >= 11 is 0. The number of fused-ring (bicyclic) bond motifs is 1. The normalized spacial score (nSPS) is 10.0. The standard InChI is InChI=1S/C23H20FN5.C2H5N/c1-15(25)20-6-3-7-21-22(20)27-14-28-23(21)26-13-16-4-2-5-19(12-16)29-18-10-8-17(24)9-11-18;1-2-3/h2-12,14,29H,1,13,25H2,(H,26,27,28);2H,1,3H2. The lowest BCUT2D eigenvalue weighted by Gasteiger charge is -2.12. The summed E-state index contributed by atoms with van der Waals surface area (Å²) in [5, 5.41) is 7.53. The molecule has 3 aromatic carbocycles. The molecule has 0 aliphatic heterocycles. The molecule has 6 N–H and O–H groups in total. The number of benzene rings is 3. The summed E-state index contributed by atoms with van der Waals surface area (Å²) in [7, 11) is 0. The van der Waals surface area contributed by atoms with Crippen LogP contribution >= 0.6 is 0 Å². The van der Waals surface area contributed by atoms with Crippen LogP contribution in [0.15, 0.2) is 92.4 Å². The quantitative estimate of drug-likeness (QED) is 0.339. The minimum atomic E-state index is -0.257. The molecule has 0 aliphatic carbocycles. The largest absolute Gasteiger partial charge is 0.405 e. The zero-order valence-electron chi connectivity index (χ0n) is 17.6. The molecule has 0 saturated carbocycles. The van der Waals surface area contributed by atoms with Gasteiger partial charge in [-0.15, -0.1) is 0 Å². The number of halogens is 1. The molecule has 4 rings (SSSR count). The van der Waals surface area contributed by atoms with E-state index in [1.54, 1.807) is 12.1 Å². The maximum absolute atomic E-state index is 13.1. The van der Waals surface area contributed by atoms with Gasteiger partial charge in [-0.3, -0.25) is 0 Å². The van der Waals surface area contributed by atoms with Crippen LogP contribution in [0.2, 0.25) is 0 Å². The van der Waals surface area contributed by atoms with E-state index in [4.69, 9.17) is 5.73 Å². The molecule has 0 amide bonds. The van der Waals surface area contributed by atoms with Gasteiger partial charge in [0.1, 0.15) is 18.0 Å². The molecule has 0 radical (unpaired) electrons. The van der Waals surface area contributed by atoms with E-state index in [1.165, 1.54) is 24.7 Å². The van der Waals surface area contributed by atoms with Crippen molar-refractivity contribution in [2.45, 2.75) is 6.54 Å². The highest BCUT2D eigenvalue weighted by Crippen LogP contribution is 2.25. The maximum atomic E-state index is 13.1. The van der Waals surface area contributed by atoms with Gasteiger partial charge >= 0.3 is 0 Å². The Morgan fingerprint density at radius 1 is 1.00 bits per heavy atom. The van der Waals surface area contributed by atoms with Crippen molar-refractivity contribution < 1.29 is 4.39 Å². The molecule has 1 aromatic heterocycles. The Morgan fingerprint density at radius 2 is 1.72 bits per heavy atom. The SMILES string of the molecule is C=C(N)c1cccc2c(NCc3cccc(Nc4ccc(F)cc4)c3)ncnc12.C=CN.